The van der Waals surface area contributed by atoms with Gasteiger partial charge in [0.25, 0.3) is 0 Å². The second-order valence-corrected chi connectivity index (χ2v) is 13.7. The van der Waals surface area contributed by atoms with Crippen LogP contribution in [0.4, 0.5) is 5.13 Å². The maximum Gasteiger partial charge on any atom is 0.307 e. The summed E-state index contributed by atoms with van der Waals surface area (Å²) < 4.78 is 5.93. The van der Waals surface area contributed by atoms with Gasteiger partial charge in [-0.15, -0.1) is 27.6 Å². The smallest absolute Gasteiger partial charge is 0.307 e. The van der Waals surface area contributed by atoms with Crippen LogP contribution in [0.25, 0.3) is 5.65 Å². The fourth-order valence-corrected chi connectivity index (χ4v) is 8.49. The maximum atomic E-state index is 13.3. The van der Waals surface area contributed by atoms with E-state index in [1.54, 1.807) is 0 Å². The molecule has 0 unspecified atom stereocenters. The van der Waals surface area contributed by atoms with Crippen LogP contribution in [-0.4, -0.2) is 66.5 Å². The van der Waals surface area contributed by atoms with E-state index >= 15 is 0 Å². The van der Waals surface area contributed by atoms with Crippen molar-refractivity contribution in [3.05, 3.63) is 67.8 Å². The minimum absolute atomic E-state index is 0.0183. The SMILES string of the molecule is CO/N=C(\C(=O)C[C@@H]1C(=O)N2C(C(=O)[O-])=C(Cn3ccc4n3cc[n+]4Cc3cc(C(=N)N)cs3)CS[C@H]12)c1nc(N)sc1Cl. The first-order valence-electron chi connectivity index (χ1n) is 13.0. The number of carbonyl (C=O) groups is 3. The standard InChI is InChI=1S/C26H24ClN9O5S3/c1-41-32-18(19-21(27)44-26(30)31-19)16(37)7-15-23(38)36-20(25(39)40)13(11-43-24(15)36)8-34-3-2-17-33(4-5-35(17)34)9-14-6-12(10-42-14)22(28)29/h2-6,10,15,24H,7-9,11H2,1H3,(H5-,28,29,30,31,39,40)/b32-18+/t15-,24-/m1/s1. The number of β-lactam (4-membered cyclic amide) rings is 1. The Bertz CT molecular complexity index is 1900. The summed E-state index contributed by atoms with van der Waals surface area (Å²) in [7, 11) is 1.27. The van der Waals surface area contributed by atoms with Crippen LogP contribution >= 0.6 is 46.0 Å². The van der Waals surface area contributed by atoms with Crippen molar-refractivity contribution in [2.45, 2.75) is 24.9 Å². The van der Waals surface area contributed by atoms with Gasteiger partial charge in [0.2, 0.25) is 5.91 Å². The summed E-state index contributed by atoms with van der Waals surface area (Å²) in [5.74, 6) is -2.92. The second kappa shape index (κ2) is 11.7. The number of rotatable bonds is 11. The van der Waals surface area contributed by atoms with Gasteiger partial charge in [0.1, 0.15) is 35.7 Å². The molecule has 0 saturated carbocycles. The highest BCUT2D eigenvalue weighted by Gasteiger charge is 2.53. The molecule has 1 amide bonds. The lowest BCUT2D eigenvalue weighted by Crippen LogP contribution is -2.63. The number of aliphatic carboxylic acids is 1. The first-order chi connectivity index (χ1) is 21.1. The van der Waals surface area contributed by atoms with E-state index in [1.807, 2.05) is 49.9 Å². The summed E-state index contributed by atoms with van der Waals surface area (Å²) in [6.07, 6.45) is 5.38. The summed E-state index contributed by atoms with van der Waals surface area (Å²) >= 11 is 10.0. The van der Waals surface area contributed by atoms with Crippen LogP contribution < -0.4 is 21.1 Å². The number of nitrogens with zero attached hydrogens (tertiary/aromatic N) is 6. The van der Waals surface area contributed by atoms with Crippen molar-refractivity contribution in [1.82, 2.24) is 19.1 Å². The van der Waals surface area contributed by atoms with E-state index in [9.17, 15) is 19.5 Å². The highest BCUT2D eigenvalue weighted by Crippen LogP contribution is 2.45. The number of fused-ring (bicyclic) bond motifs is 2. The van der Waals surface area contributed by atoms with Crippen LogP contribution in [0.1, 0.15) is 22.6 Å². The van der Waals surface area contributed by atoms with Crippen LogP contribution in [0.5, 0.6) is 0 Å². The third-order valence-corrected chi connectivity index (χ3v) is 10.7. The summed E-state index contributed by atoms with van der Waals surface area (Å²) in [5, 5.41) is 25.2. The Balaban J connectivity index is 1.20. The predicted octanol–water partition coefficient (Wildman–Crippen LogP) is 0.659. The molecule has 18 heteroatoms. The van der Waals surface area contributed by atoms with Crippen LogP contribution in [0.15, 0.2) is 52.5 Å². The summed E-state index contributed by atoms with van der Waals surface area (Å²) in [6, 6.07) is 3.79. The number of carbonyl (C=O) groups excluding carboxylic acids is 3. The number of nitrogens with one attached hydrogen (secondary N) is 1. The number of thiazole rings is 1. The number of ketones is 1. The van der Waals surface area contributed by atoms with Gasteiger partial charge in [-0.05, 0) is 11.6 Å². The van der Waals surface area contributed by atoms with Gasteiger partial charge in [0, 0.05) is 28.0 Å². The van der Waals surface area contributed by atoms with Gasteiger partial charge in [-0.25, -0.2) is 14.2 Å². The minimum Gasteiger partial charge on any atom is -0.543 e. The monoisotopic (exact) mass is 673 g/mol. The van der Waals surface area contributed by atoms with E-state index in [1.165, 1.54) is 35.1 Å². The van der Waals surface area contributed by atoms with E-state index in [0.717, 1.165) is 21.9 Å². The van der Waals surface area contributed by atoms with Crippen molar-refractivity contribution in [3.8, 4) is 0 Å². The zero-order valence-electron chi connectivity index (χ0n) is 22.9. The molecule has 228 valence electrons. The molecule has 5 N–H and O–H groups in total. The van der Waals surface area contributed by atoms with Crippen LogP contribution in [0, 0.1) is 11.3 Å². The Morgan fingerprint density at radius 2 is 2.16 bits per heavy atom. The first-order valence-corrected chi connectivity index (χ1v) is 16.1. The normalized spacial score (nSPS) is 18.5. The minimum atomic E-state index is -1.46. The Kier molecular flexibility index (Phi) is 7.95. The maximum absolute atomic E-state index is 13.3. The number of nitrogen functional groups attached to an aromatic ring is 2. The van der Waals surface area contributed by atoms with Gasteiger partial charge < -0.3 is 26.2 Å². The number of aromatic nitrogens is 4. The molecule has 2 aliphatic heterocycles. The molecule has 0 radical (unpaired) electrons. The van der Waals surface area contributed by atoms with Gasteiger partial charge in [-0.1, -0.05) is 28.1 Å². The van der Waals surface area contributed by atoms with Crippen molar-refractivity contribution in [3.63, 3.8) is 0 Å². The Hall–Kier alpha value is -4.19. The molecule has 0 aromatic carbocycles. The van der Waals surface area contributed by atoms with Crippen LogP contribution in [0.3, 0.4) is 0 Å². The van der Waals surface area contributed by atoms with E-state index in [-0.39, 0.29) is 45.4 Å². The quantitative estimate of drug-likeness (QED) is 0.0672. The molecular formula is C26H24ClN9O5S3. The Labute approximate surface area is 266 Å². The molecule has 1 fully saturated rings. The number of nitrogens with two attached hydrogens (primary N) is 2. The van der Waals surface area contributed by atoms with E-state index in [4.69, 9.17) is 33.3 Å². The molecule has 4 aromatic rings. The molecule has 1 saturated heterocycles. The number of halogens is 1. The number of amides is 1. The molecule has 4 aromatic heterocycles. The van der Waals surface area contributed by atoms with Crippen molar-refractivity contribution >= 4 is 86.0 Å². The largest absolute Gasteiger partial charge is 0.543 e. The fourth-order valence-electron chi connectivity index (χ4n) is 5.28. The molecule has 2 aliphatic rings. The molecular weight excluding hydrogens is 650 g/mol. The number of oxime groups is 1. The number of Topliss-reactive ketones (excluding diaryl/α,β-unsaturated/α-hetero) is 1. The highest BCUT2D eigenvalue weighted by atomic mass is 35.5. The highest BCUT2D eigenvalue weighted by molar-refractivity contribution is 8.00. The number of imidazole rings is 1. The molecule has 44 heavy (non-hydrogen) atoms. The Morgan fingerprint density at radius 1 is 1.36 bits per heavy atom. The molecule has 14 nitrogen and oxygen atoms in total. The molecule has 2 atom stereocenters. The first kappa shape index (κ1) is 29.9. The van der Waals surface area contributed by atoms with Crippen LogP contribution in [-0.2, 0) is 32.3 Å². The van der Waals surface area contributed by atoms with E-state index in [2.05, 4.69) is 10.1 Å². The topological polar surface area (TPSA) is 201 Å². The van der Waals surface area contributed by atoms with Gasteiger partial charge in [0.05, 0.1) is 41.8 Å². The van der Waals surface area contributed by atoms with E-state index in [0.29, 0.717) is 23.4 Å². The van der Waals surface area contributed by atoms with Gasteiger partial charge >= 0.3 is 5.65 Å². The van der Waals surface area contributed by atoms with Crippen molar-refractivity contribution in [1.29, 1.82) is 5.41 Å². The average Bonchev–Trinajstić information content (AvgIpc) is 3.77. The number of anilines is 1. The zero-order chi connectivity index (χ0) is 31.3. The Morgan fingerprint density at radius 3 is 2.82 bits per heavy atom. The average molecular weight is 674 g/mol. The van der Waals surface area contributed by atoms with Crippen molar-refractivity contribution < 1.29 is 28.9 Å². The summed E-state index contributed by atoms with van der Waals surface area (Å²) in [4.78, 5) is 49.9. The van der Waals surface area contributed by atoms with Gasteiger partial charge in [-0.2, -0.15) is 0 Å². The number of hydrogen-bond acceptors (Lipinski definition) is 12. The lowest BCUT2D eigenvalue weighted by molar-refractivity contribution is -0.661. The number of thiophene rings is 1. The predicted molar refractivity (Wildman–Crippen MR) is 163 cm³/mol. The third-order valence-electron chi connectivity index (χ3n) is 7.26. The van der Waals surface area contributed by atoms with Crippen molar-refractivity contribution in [2.24, 2.45) is 16.8 Å². The number of hydrogen-bond donors (Lipinski definition) is 3. The molecule has 0 bridgehead atoms. The van der Waals surface area contributed by atoms with Gasteiger partial charge in [0.15, 0.2) is 22.8 Å². The molecule has 6 heterocycles. The summed E-state index contributed by atoms with van der Waals surface area (Å²) in [5.41, 5.74) is 13.1. The van der Waals surface area contributed by atoms with Gasteiger partial charge in [-0.3, -0.25) is 19.9 Å². The molecule has 0 spiro atoms. The molecule has 6 rings (SSSR count). The number of carboxylic acids is 1. The van der Waals surface area contributed by atoms with Crippen molar-refractivity contribution in [2.75, 3.05) is 18.6 Å². The van der Waals surface area contributed by atoms with E-state index < -0.39 is 29.0 Å². The van der Waals surface area contributed by atoms with Crippen LogP contribution in [0.2, 0.25) is 4.34 Å². The fraction of sp³-hybridized carbons (Fsp3) is 0.269. The number of carboxylic acid groups (broad SMARTS) is 1. The lowest BCUT2D eigenvalue weighted by Gasteiger charge is -2.50. The number of thioether (sulfide) groups is 1. The second-order valence-electron chi connectivity index (χ2n) is 9.94. The summed E-state index contributed by atoms with van der Waals surface area (Å²) in [6.45, 7) is 0.778. The lowest BCUT2D eigenvalue weighted by atomic mass is 9.89. The zero-order valence-corrected chi connectivity index (χ0v) is 26.1. The number of amidine groups is 1. The molecule has 0 aliphatic carbocycles. The third kappa shape index (κ3) is 5.25.